The molecule has 0 unspecified atom stereocenters. The minimum Gasteiger partial charge on any atom is -1.00 e. The Balaban J connectivity index is 0.00000240. The van der Waals surface area contributed by atoms with Gasteiger partial charge in [0, 0.05) is 5.56 Å². The summed E-state index contributed by atoms with van der Waals surface area (Å²) in [6.07, 6.45) is 1.82. The van der Waals surface area contributed by atoms with E-state index >= 15 is 0 Å². The molecular weight excluding hydrogens is 395 g/mol. The van der Waals surface area contributed by atoms with Crippen molar-refractivity contribution < 1.29 is 17.2 Å². The molecule has 3 heteroatoms. The van der Waals surface area contributed by atoms with Crippen molar-refractivity contribution in [2.45, 2.75) is 6.16 Å². The number of benzene rings is 4. The smallest absolute Gasteiger partial charge is 0.150 e. The third kappa shape index (κ3) is 4.32. The summed E-state index contributed by atoms with van der Waals surface area (Å²) in [6, 6.07) is 40.6. The molecule has 0 saturated heterocycles. The van der Waals surface area contributed by atoms with E-state index in [1.165, 1.54) is 21.5 Å². The molecule has 0 radical (unpaired) electrons. The highest BCUT2D eigenvalue weighted by molar-refractivity contribution is 7.95. The van der Waals surface area contributed by atoms with Crippen molar-refractivity contribution in [3.8, 4) is 0 Å². The molecule has 0 aliphatic carbocycles. The maximum Gasteiger partial charge on any atom is 0.150 e. The van der Waals surface area contributed by atoms with Gasteiger partial charge in [-0.05, 0) is 42.0 Å². The molecule has 4 aromatic rings. The first kappa shape index (κ1) is 21.0. The quantitative estimate of drug-likeness (QED) is 0.347. The molecule has 0 spiro atoms. The Labute approximate surface area is 179 Å². The van der Waals surface area contributed by atoms with Gasteiger partial charge in [0.25, 0.3) is 0 Å². The highest BCUT2D eigenvalue weighted by Gasteiger charge is 2.45. The summed E-state index contributed by atoms with van der Waals surface area (Å²) in [5.41, 5.74) is 1.96. The van der Waals surface area contributed by atoms with Crippen molar-refractivity contribution in [2.75, 3.05) is 0 Å². The van der Waals surface area contributed by atoms with Gasteiger partial charge in [-0.25, -0.2) is 0 Å². The van der Waals surface area contributed by atoms with E-state index in [0.717, 1.165) is 12.4 Å². The van der Waals surface area contributed by atoms with Gasteiger partial charge in [0.1, 0.15) is 29.5 Å². The summed E-state index contributed by atoms with van der Waals surface area (Å²) in [5.74, 6) is 0. The van der Waals surface area contributed by atoms with Crippen LogP contribution in [0.25, 0.3) is 0 Å². The Hall–Kier alpha value is -2.73. The molecular formula is C26H22ClOP. The van der Waals surface area contributed by atoms with Crippen LogP contribution in [0.1, 0.15) is 15.9 Å². The molecule has 0 aromatic heterocycles. The van der Waals surface area contributed by atoms with Gasteiger partial charge < -0.3 is 12.4 Å². The lowest BCUT2D eigenvalue weighted by atomic mass is 10.2. The normalized spacial score (nSPS) is 10.8. The van der Waals surface area contributed by atoms with Crippen LogP contribution >= 0.6 is 7.26 Å². The first-order valence-electron chi connectivity index (χ1n) is 9.42. The monoisotopic (exact) mass is 416 g/mol. The van der Waals surface area contributed by atoms with Crippen LogP contribution in [0.4, 0.5) is 0 Å². The van der Waals surface area contributed by atoms with E-state index in [1.807, 2.05) is 12.1 Å². The second kappa shape index (κ2) is 9.65. The fourth-order valence-corrected chi connectivity index (χ4v) is 7.99. The largest absolute Gasteiger partial charge is 1.00 e. The molecule has 29 heavy (non-hydrogen) atoms. The first-order valence-corrected chi connectivity index (χ1v) is 11.4. The number of rotatable bonds is 6. The Morgan fingerprint density at radius 2 is 0.931 bits per heavy atom. The number of hydrogen-bond donors (Lipinski definition) is 0. The standard InChI is InChI=1S/C26H22OP.ClH/c27-20-22-16-18-23(19-17-22)21-28(24-10-4-1-5-11-24,25-12-6-2-7-13-25)26-14-8-3-9-15-26;/h1-20H,21H2;1H/q+1;/p-1. The van der Waals surface area contributed by atoms with Crippen LogP contribution in [0.5, 0.6) is 0 Å². The van der Waals surface area contributed by atoms with Gasteiger partial charge in [-0.15, -0.1) is 0 Å². The summed E-state index contributed by atoms with van der Waals surface area (Å²) < 4.78 is 0. The zero-order chi connectivity index (χ0) is 19.2. The SMILES string of the molecule is O=Cc1ccc(C[P+](c2ccccc2)(c2ccccc2)c2ccccc2)cc1.[Cl-]. The molecule has 1 nitrogen and oxygen atoms in total. The van der Waals surface area contributed by atoms with Gasteiger partial charge in [0.15, 0.2) is 0 Å². The average Bonchev–Trinajstić information content (AvgIpc) is 2.80. The first-order chi connectivity index (χ1) is 13.8. The minimum atomic E-state index is -1.89. The summed E-state index contributed by atoms with van der Waals surface area (Å²) >= 11 is 0. The lowest BCUT2D eigenvalue weighted by Crippen LogP contribution is -3.00. The molecule has 4 aromatic carbocycles. The molecule has 0 N–H and O–H groups in total. The Morgan fingerprint density at radius 1 is 0.552 bits per heavy atom. The van der Waals surface area contributed by atoms with E-state index in [4.69, 9.17) is 0 Å². The van der Waals surface area contributed by atoms with Crippen LogP contribution in [-0.2, 0) is 6.16 Å². The van der Waals surface area contributed by atoms with Gasteiger partial charge in [-0.1, -0.05) is 78.9 Å². The van der Waals surface area contributed by atoms with Crippen LogP contribution in [0.3, 0.4) is 0 Å². The number of hydrogen-bond acceptors (Lipinski definition) is 1. The second-order valence-electron chi connectivity index (χ2n) is 6.83. The Bertz CT molecular complexity index is 936. The predicted octanol–water partition coefficient (Wildman–Crippen LogP) is 2.00. The molecule has 4 rings (SSSR count). The molecule has 0 fully saturated rings. The zero-order valence-corrected chi connectivity index (χ0v) is 17.6. The van der Waals surface area contributed by atoms with Crippen molar-refractivity contribution in [1.82, 2.24) is 0 Å². The van der Waals surface area contributed by atoms with Crippen molar-refractivity contribution in [1.29, 1.82) is 0 Å². The maximum absolute atomic E-state index is 11.1. The fraction of sp³-hybridized carbons (Fsp3) is 0.0385. The molecule has 0 aliphatic heterocycles. The van der Waals surface area contributed by atoms with E-state index < -0.39 is 7.26 Å². The Morgan fingerprint density at radius 3 is 1.28 bits per heavy atom. The van der Waals surface area contributed by atoms with Crippen molar-refractivity contribution in [2.24, 2.45) is 0 Å². The predicted molar refractivity (Wildman–Crippen MR) is 121 cm³/mol. The summed E-state index contributed by atoms with van der Waals surface area (Å²) in [6.45, 7) is 0. The van der Waals surface area contributed by atoms with Gasteiger partial charge in [-0.3, -0.25) is 4.79 Å². The lowest BCUT2D eigenvalue weighted by molar-refractivity contribution is -0.0000118. The summed E-state index contributed by atoms with van der Waals surface area (Å²) in [5, 5.41) is 4.10. The van der Waals surface area contributed by atoms with E-state index in [9.17, 15) is 4.79 Å². The van der Waals surface area contributed by atoms with E-state index in [2.05, 4.69) is 103 Å². The fourth-order valence-electron chi connectivity index (χ4n) is 3.74. The van der Waals surface area contributed by atoms with Gasteiger partial charge >= 0.3 is 0 Å². The molecule has 0 atom stereocenters. The summed E-state index contributed by atoms with van der Waals surface area (Å²) in [4.78, 5) is 11.1. The maximum atomic E-state index is 11.1. The minimum absolute atomic E-state index is 0. The van der Waals surface area contributed by atoms with Crippen LogP contribution in [-0.4, -0.2) is 6.29 Å². The molecule has 0 heterocycles. The molecule has 144 valence electrons. The topological polar surface area (TPSA) is 17.1 Å². The van der Waals surface area contributed by atoms with E-state index in [-0.39, 0.29) is 12.4 Å². The van der Waals surface area contributed by atoms with Crippen molar-refractivity contribution >= 4 is 29.5 Å². The molecule has 0 saturated carbocycles. The lowest BCUT2D eigenvalue weighted by Gasteiger charge is -2.27. The third-order valence-electron chi connectivity index (χ3n) is 5.13. The number of halogens is 1. The molecule has 0 aliphatic rings. The highest BCUT2D eigenvalue weighted by atomic mass is 35.5. The van der Waals surface area contributed by atoms with Gasteiger partial charge in [0.2, 0.25) is 0 Å². The average molecular weight is 417 g/mol. The van der Waals surface area contributed by atoms with Crippen LogP contribution in [0.2, 0.25) is 0 Å². The van der Waals surface area contributed by atoms with Crippen LogP contribution < -0.4 is 28.3 Å². The highest BCUT2D eigenvalue weighted by Crippen LogP contribution is 2.58. The summed E-state index contributed by atoms with van der Waals surface area (Å²) in [7, 11) is -1.89. The van der Waals surface area contributed by atoms with Gasteiger partial charge in [0.05, 0.1) is 6.16 Å². The van der Waals surface area contributed by atoms with Gasteiger partial charge in [-0.2, -0.15) is 0 Å². The van der Waals surface area contributed by atoms with Crippen LogP contribution in [0.15, 0.2) is 115 Å². The van der Waals surface area contributed by atoms with E-state index in [1.54, 1.807) is 0 Å². The number of aldehydes is 1. The van der Waals surface area contributed by atoms with Crippen molar-refractivity contribution in [3.63, 3.8) is 0 Å². The van der Waals surface area contributed by atoms with E-state index in [0.29, 0.717) is 5.56 Å². The zero-order valence-electron chi connectivity index (χ0n) is 16.0. The Kier molecular flexibility index (Phi) is 6.99. The van der Waals surface area contributed by atoms with Crippen LogP contribution in [0, 0.1) is 0 Å². The van der Waals surface area contributed by atoms with Crippen molar-refractivity contribution in [3.05, 3.63) is 126 Å². The molecule has 0 bridgehead atoms. The number of carbonyl (C=O) groups excluding carboxylic acids is 1. The molecule has 0 amide bonds. The third-order valence-corrected chi connectivity index (χ3v) is 9.51. The number of carbonyl (C=O) groups is 1. The second-order valence-corrected chi connectivity index (χ2v) is 10.3.